The highest BCUT2D eigenvalue weighted by molar-refractivity contribution is 5.79. The van der Waals surface area contributed by atoms with Crippen LogP contribution in [0.3, 0.4) is 0 Å². The second-order valence-electron chi connectivity index (χ2n) is 4.01. The molecule has 7 nitrogen and oxygen atoms in total. The summed E-state index contributed by atoms with van der Waals surface area (Å²) in [6.45, 7) is 1.18. The number of aldehydes is 1. The summed E-state index contributed by atoms with van der Waals surface area (Å²) in [5.41, 5.74) is 0.476. The van der Waals surface area contributed by atoms with Gasteiger partial charge in [-0.25, -0.2) is 0 Å². The van der Waals surface area contributed by atoms with Crippen molar-refractivity contribution >= 4 is 17.7 Å². The molecular weight excluding hydrogens is 262 g/mol. The minimum Gasteiger partial charge on any atom is -0.383 e. The van der Waals surface area contributed by atoms with Crippen LogP contribution in [0.5, 0.6) is 0 Å². The Morgan fingerprint density at radius 2 is 2.25 bits per heavy atom. The van der Waals surface area contributed by atoms with Gasteiger partial charge in [-0.3, -0.25) is 14.9 Å². The Hall–Kier alpha value is -2.46. The van der Waals surface area contributed by atoms with E-state index in [1.165, 1.54) is 25.3 Å². The van der Waals surface area contributed by atoms with Gasteiger partial charge in [0.15, 0.2) is 0 Å². The molecule has 1 rings (SSSR count). The Kier molecular flexibility index (Phi) is 6.13. The molecule has 20 heavy (non-hydrogen) atoms. The molecule has 0 aliphatic heterocycles. The topological polar surface area (TPSA) is 96.5 Å². The third kappa shape index (κ3) is 4.03. The number of carbonyl (C=O) groups excluding carboxylic acids is 1. The largest absolute Gasteiger partial charge is 0.383 e. The van der Waals surface area contributed by atoms with Crippen molar-refractivity contribution in [2.24, 2.45) is 0 Å². The quantitative estimate of drug-likeness (QED) is 0.408. The van der Waals surface area contributed by atoms with E-state index in [1.807, 2.05) is 6.07 Å². The first-order chi connectivity index (χ1) is 9.63. The number of ether oxygens (including phenoxy) is 1. The number of carbonyl (C=O) groups is 1. The maximum Gasteiger partial charge on any atom is 0.293 e. The van der Waals surface area contributed by atoms with Crippen LogP contribution in [0.2, 0.25) is 0 Å². The van der Waals surface area contributed by atoms with Gasteiger partial charge >= 0.3 is 0 Å². The Morgan fingerprint density at radius 3 is 2.80 bits per heavy atom. The van der Waals surface area contributed by atoms with Crippen molar-refractivity contribution in [3.63, 3.8) is 0 Å². The number of nitro benzene ring substituents is 1. The minimum atomic E-state index is -0.533. The van der Waals surface area contributed by atoms with Crippen LogP contribution in [0.25, 0.3) is 0 Å². The van der Waals surface area contributed by atoms with Crippen molar-refractivity contribution in [1.29, 1.82) is 5.26 Å². The van der Waals surface area contributed by atoms with Crippen molar-refractivity contribution in [2.75, 3.05) is 31.7 Å². The number of nitro groups is 1. The van der Waals surface area contributed by atoms with E-state index >= 15 is 0 Å². The van der Waals surface area contributed by atoms with Gasteiger partial charge in [0.25, 0.3) is 5.69 Å². The van der Waals surface area contributed by atoms with Gasteiger partial charge in [0.1, 0.15) is 12.0 Å². The van der Waals surface area contributed by atoms with Crippen LogP contribution >= 0.6 is 0 Å². The van der Waals surface area contributed by atoms with Crippen molar-refractivity contribution < 1.29 is 14.5 Å². The highest BCUT2D eigenvalue weighted by Crippen LogP contribution is 2.29. The SMILES string of the molecule is COCCN(CCC#N)c1ccc(C=O)cc1[N+](=O)[O-]. The highest BCUT2D eigenvalue weighted by atomic mass is 16.6. The average Bonchev–Trinajstić information content (AvgIpc) is 2.47. The van der Waals surface area contributed by atoms with Gasteiger partial charge in [0, 0.05) is 31.8 Å². The predicted octanol–water partition coefficient (Wildman–Crippen LogP) is 1.77. The second kappa shape index (κ2) is 7.86. The number of nitriles is 1. The normalized spacial score (nSPS) is 9.80. The average molecular weight is 277 g/mol. The lowest BCUT2D eigenvalue weighted by Gasteiger charge is -2.23. The van der Waals surface area contributed by atoms with Gasteiger partial charge in [-0.2, -0.15) is 5.26 Å². The summed E-state index contributed by atoms with van der Waals surface area (Å²) in [6, 6.07) is 6.28. The number of nitrogens with zero attached hydrogens (tertiary/aromatic N) is 3. The summed E-state index contributed by atoms with van der Waals surface area (Å²) in [6.07, 6.45) is 0.807. The van der Waals surface area contributed by atoms with E-state index < -0.39 is 4.92 Å². The molecule has 1 aromatic rings. The summed E-state index contributed by atoms with van der Waals surface area (Å²) in [5, 5.41) is 19.8. The third-order valence-corrected chi connectivity index (χ3v) is 2.73. The first-order valence-corrected chi connectivity index (χ1v) is 5.98. The number of hydrogen-bond acceptors (Lipinski definition) is 6. The molecule has 0 aliphatic carbocycles. The van der Waals surface area contributed by atoms with Crippen LogP contribution in [0, 0.1) is 21.4 Å². The van der Waals surface area contributed by atoms with E-state index in [-0.39, 0.29) is 17.7 Å². The van der Waals surface area contributed by atoms with Crippen molar-refractivity contribution in [2.45, 2.75) is 6.42 Å². The first kappa shape index (κ1) is 15.6. The number of anilines is 1. The van der Waals surface area contributed by atoms with Crippen molar-refractivity contribution in [1.82, 2.24) is 0 Å². The first-order valence-electron chi connectivity index (χ1n) is 5.98. The lowest BCUT2D eigenvalue weighted by Crippen LogP contribution is -2.28. The zero-order valence-electron chi connectivity index (χ0n) is 11.1. The third-order valence-electron chi connectivity index (χ3n) is 2.73. The molecular formula is C13H15N3O4. The summed E-state index contributed by atoms with van der Waals surface area (Å²) in [5.74, 6) is 0. The van der Waals surface area contributed by atoms with Crippen LogP contribution in [-0.2, 0) is 4.74 Å². The van der Waals surface area contributed by atoms with Gasteiger partial charge in [-0.1, -0.05) is 0 Å². The summed E-state index contributed by atoms with van der Waals surface area (Å²) >= 11 is 0. The highest BCUT2D eigenvalue weighted by Gasteiger charge is 2.19. The molecule has 0 radical (unpaired) electrons. The van der Waals surface area contributed by atoms with Crippen LogP contribution in [0.4, 0.5) is 11.4 Å². The molecule has 0 bridgehead atoms. The second-order valence-corrected chi connectivity index (χ2v) is 4.01. The maximum absolute atomic E-state index is 11.1. The van der Waals surface area contributed by atoms with Crippen molar-refractivity contribution in [3.05, 3.63) is 33.9 Å². The van der Waals surface area contributed by atoms with E-state index in [0.29, 0.717) is 31.7 Å². The smallest absolute Gasteiger partial charge is 0.293 e. The van der Waals surface area contributed by atoms with Crippen LogP contribution in [0.15, 0.2) is 18.2 Å². The van der Waals surface area contributed by atoms with E-state index in [4.69, 9.17) is 10.00 Å². The molecule has 106 valence electrons. The molecule has 0 unspecified atom stereocenters. The van der Waals surface area contributed by atoms with Gasteiger partial charge in [-0.05, 0) is 12.1 Å². The molecule has 0 N–H and O–H groups in total. The fourth-order valence-electron chi connectivity index (χ4n) is 1.77. The molecule has 0 aromatic heterocycles. The van der Waals surface area contributed by atoms with E-state index in [0.717, 1.165) is 0 Å². The summed E-state index contributed by atoms with van der Waals surface area (Å²) in [7, 11) is 1.53. The molecule has 0 fully saturated rings. The molecule has 0 heterocycles. The Labute approximate surface area is 116 Å². The summed E-state index contributed by atoms with van der Waals surface area (Å²) in [4.78, 5) is 23.0. The monoisotopic (exact) mass is 277 g/mol. The molecule has 0 aliphatic rings. The fraction of sp³-hybridized carbons (Fsp3) is 0.385. The van der Waals surface area contributed by atoms with Gasteiger partial charge in [0.2, 0.25) is 0 Å². The van der Waals surface area contributed by atoms with E-state index in [2.05, 4.69) is 0 Å². The Morgan fingerprint density at radius 1 is 1.50 bits per heavy atom. The number of hydrogen-bond donors (Lipinski definition) is 0. The van der Waals surface area contributed by atoms with Crippen LogP contribution < -0.4 is 4.90 Å². The molecule has 7 heteroatoms. The summed E-state index contributed by atoms with van der Waals surface area (Å²) < 4.78 is 4.97. The maximum atomic E-state index is 11.1. The van der Waals surface area contributed by atoms with Crippen LogP contribution in [-0.4, -0.2) is 38.0 Å². The van der Waals surface area contributed by atoms with E-state index in [9.17, 15) is 14.9 Å². The molecule has 0 saturated carbocycles. The van der Waals surface area contributed by atoms with Crippen molar-refractivity contribution in [3.8, 4) is 6.07 Å². The number of benzene rings is 1. The van der Waals surface area contributed by atoms with Gasteiger partial charge < -0.3 is 9.64 Å². The molecule has 0 amide bonds. The molecule has 0 spiro atoms. The Balaban J connectivity index is 3.13. The zero-order valence-corrected chi connectivity index (χ0v) is 11.1. The number of methoxy groups -OCH3 is 1. The predicted molar refractivity (Wildman–Crippen MR) is 72.8 cm³/mol. The van der Waals surface area contributed by atoms with E-state index in [1.54, 1.807) is 4.90 Å². The standard InChI is InChI=1S/C13H15N3O4/c1-20-8-7-15(6-2-5-14)12-4-3-11(10-17)9-13(12)16(18)19/h3-4,9-10H,2,6-8H2,1H3. The van der Waals surface area contributed by atoms with Gasteiger partial charge in [-0.15, -0.1) is 0 Å². The molecule has 0 atom stereocenters. The Bertz CT molecular complexity index is 525. The lowest BCUT2D eigenvalue weighted by molar-refractivity contribution is -0.384. The van der Waals surface area contributed by atoms with Crippen LogP contribution in [0.1, 0.15) is 16.8 Å². The molecule has 0 saturated heterocycles. The molecule has 1 aromatic carbocycles. The number of rotatable bonds is 8. The van der Waals surface area contributed by atoms with Gasteiger partial charge in [0.05, 0.1) is 24.0 Å². The minimum absolute atomic E-state index is 0.149. The fourth-order valence-corrected chi connectivity index (χ4v) is 1.77. The zero-order chi connectivity index (χ0) is 15.0. The lowest BCUT2D eigenvalue weighted by atomic mass is 10.1.